The van der Waals surface area contributed by atoms with Gasteiger partial charge in [0, 0.05) is 26.6 Å². The van der Waals surface area contributed by atoms with Crippen LogP contribution < -0.4 is 5.32 Å². The van der Waals surface area contributed by atoms with Crippen LogP contribution in [0.4, 0.5) is 5.69 Å². The fraction of sp³-hybridized carbons (Fsp3) is 0. The van der Waals surface area contributed by atoms with Crippen molar-refractivity contribution < 1.29 is 4.79 Å². The summed E-state index contributed by atoms with van der Waals surface area (Å²) in [6.07, 6.45) is 1.71. The Kier molecular flexibility index (Phi) is 3.90. The lowest BCUT2D eigenvalue weighted by atomic mass is 10.1. The van der Waals surface area contributed by atoms with E-state index in [0.717, 1.165) is 15.4 Å². The largest absolute Gasteiger partial charge is 0.320 e. The molecule has 0 spiro atoms. The van der Waals surface area contributed by atoms with E-state index < -0.39 is 0 Å². The first-order valence-electron chi connectivity index (χ1n) is 6.25. The van der Waals surface area contributed by atoms with Crippen molar-refractivity contribution in [3.8, 4) is 0 Å². The maximum atomic E-state index is 12.3. The molecule has 3 nitrogen and oxygen atoms in total. The van der Waals surface area contributed by atoms with E-state index >= 15 is 0 Å². The molecule has 5 heteroatoms. The van der Waals surface area contributed by atoms with Crippen molar-refractivity contribution in [1.29, 1.82) is 0 Å². The van der Waals surface area contributed by atoms with Gasteiger partial charge in [0.2, 0.25) is 0 Å². The van der Waals surface area contributed by atoms with Crippen LogP contribution in [0.15, 0.2) is 59.2 Å². The highest BCUT2D eigenvalue weighted by atomic mass is 79.9. The topological polar surface area (TPSA) is 42.0 Å². The summed E-state index contributed by atoms with van der Waals surface area (Å²) in [7, 11) is 0. The number of nitrogens with zero attached hydrogens (tertiary/aromatic N) is 1. The van der Waals surface area contributed by atoms with E-state index in [9.17, 15) is 4.79 Å². The first kappa shape index (κ1) is 14.0. The third-order valence-corrected chi connectivity index (χ3v) is 3.68. The lowest BCUT2D eigenvalue weighted by molar-refractivity contribution is 0.102. The van der Waals surface area contributed by atoms with Gasteiger partial charge in [-0.15, -0.1) is 0 Å². The van der Waals surface area contributed by atoms with E-state index in [1.165, 1.54) is 0 Å². The molecular weight excluding hydrogens is 352 g/mol. The molecule has 0 aliphatic heterocycles. The van der Waals surface area contributed by atoms with E-state index in [4.69, 9.17) is 11.6 Å². The average molecular weight is 362 g/mol. The molecule has 2 aromatic carbocycles. The summed E-state index contributed by atoms with van der Waals surface area (Å²) in [5.41, 5.74) is 1.93. The molecule has 1 aromatic heterocycles. The molecule has 0 atom stereocenters. The summed E-state index contributed by atoms with van der Waals surface area (Å²) in [4.78, 5) is 16.6. The zero-order valence-electron chi connectivity index (χ0n) is 10.8. The summed E-state index contributed by atoms with van der Waals surface area (Å²) in [5, 5.41) is 4.35. The Hall–Kier alpha value is -1.91. The molecule has 0 fully saturated rings. The summed E-state index contributed by atoms with van der Waals surface area (Å²) in [5.74, 6) is -0.213. The zero-order valence-corrected chi connectivity index (χ0v) is 13.1. The van der Waals surface area contributed by atoms with Crippen molar-refractivity contribution in [2.75, 3.05) is 5.32 Å². The lowest BCUT2D eigenvalue weighted by Crippen LogP contribution is -2.12. The monoisotopic (exact) mass is 360 g/mol. The van der Waals surface area contributed by atoms with E-state index in [2.05, 4.69) is 26.2 Å². The summed E-state index contributed by atoms with van der Waals surface area (Å²) in [6.45, 7) is 0. The quantitative estimate of drug-likeness (QED) is 0.705. The average Bonchev–Trinajstić information content (AvgIpc) is 2.47. The van der Waals surface area contributed by atoms with Crippen molar-refractivity contribution in [3.05, 3.63) is 69.8 Å². The summed E-state index contributed by atoms with van der Waals surface area (Å²) < 4.78 is 0.897. The van der Waals surface area contributed by atoms with Crippen LogP contribution in [0.1, 0.15) is 10.4 Å². The number of benzene rings is 2. The summed E-state index contributed by atoms with van der Waals surface area (Å²) >= 11 is 9.29. The minimum Gasteiger partial charge on any atom is -0.320 e. The molecule has 0 aliphatic carbocycles. The number of para-hydroxylation sites is 1. The van der Waals surface area contributed by atoms with Gasteiger partial charge < -0.3 is 5.32 Å². The smallest absolute Gasteiger partial charge is 0.255 e. The van der Waals surface area contributed by atoms with Gasteiger partial charge in [0.05, 0.1) is 11.2 Å². The zero-order chi connectivity index (χ0) is 14.8. The van der Waals surface area contributed by atoms with Gasteiger partial charge in [0.1, 0.15) is 0 Å². The van der Waals surface area contributed by atoms with Crippen LogP contribution >= 0.6 is 27.5 Å². The Bertz CT molecular complexity index is 835. The number of amides is 1. The number of rotatable bonds is 2. The van der Waals surface area contributed by atoms with Crippen LogP contribution in [-0.2, 0) is 0 Å². The molecule has 21 heavy (non-hydrogen) atoms. The van der Waals surface area contributed by atoms with Crippen molar-refractivity contribution >= 4 is 50.0 Å². The molecule has 1 N–H and O–H groups in total. The number of carbonyl (C=O) groups is 1. The fourth-order valence-corrected chi connectivity index (χ4v) is 2.60. The van der Waals surface area contributed by atoms with E-state index in [1.807, 2.05) is 24.3 Å². The van der Waals surface area contributed by atoms with Crippen molar-refractivity contribution in [2.45, 2.75) is 0 Å². The molecule has 104 valence electrons. The Balaban J connectivity index is 1.96. The van der Waals surface area contributed by atoms with Gasteiger partial charge in [-0.05, 0) is 46.3 Å². The molecule has 1 amide bonds. The van der Waals surface area contributed by atoms with Gasteiger partial charge in [-0.3, -0.25) is 9.78 Å². The van der Waals surface area contributed by atoms with Gasteiger partial charge >= 0.3 is 0 Å². The van der Waals surface area contributed by atoms with Crippen LogP contribution in [0, 0.1) is 0 Å². The van der Waals surface area contributed by atoms with Crippen LogP contribution in [0.2, 0.25) is 5.02 Å². The highest BCUT2D eigenvalue weighted by Gasteiger charge is 2.09. The van der Waals surface area contributed by atoms with Crippen molar-refractivity contribution in [2.24, 2.45) is 0 Å². The molecule has 1 heterocycles. The van der Waals surface area contributed by atoms with Gasteiger partial charge in [-0.25, -0.2) is 0 Å². The van der Waals surface area contributed by atoms with Crippen molar-refractivity contribution in [1.82, 2.24) is 4.98 Å². The van der Waals surface area contributed by atoms with Crippen LogP contribution in [0.3, 0.4) is 0 Å². The molecule has 0 saturated carbocycles. The number of carbonyl (C=O) groups excluding carboxylic acids is 1. The van der Waals surface area contributed by atoms with Crippen molar-refractivity contribution in [3.63, 3.8) is 0 Å². The molecule has 0 radical (unpaired) electrons. The third kappa shape index (κ3) is 3.06. The number of fused-ring (bicyclic) bond motifs is 1. The van der Waals surface area contributed by atoms with E-state index in [-0.39, 0.29) is 5.91 Å². The van der Waals surface area contributed by atoms with Gasteiger partial charge in [-0.1, -0.05) is 29.8 Å². The van der Waals surface area contributed by atoms with Crippen LogP contribution in [0.25, 0.3) is 10.9 Å². The predicted molar refractivity (Wildman–Crippen MR) is 88.8 cm³/mol. The predicted octanol–water partition coefficient (Wildman–Crippen LogP) is 4.90. The molecular formula is C16H10BrClN2O. The minimum atomic E-state index is -0.213. The highest BCUT2D eigenvalue weighted by molar-refractivity contribution is 9.10. The second-order valence-corrected chi connectivity index (χ2v) is 5.85. The molecule has 3 rings (SSSR count). The number of pyridine rings is 1. The number of hydrogen-bond donors (Lipinski definition) is 1. The Morgan fingerprint density at radius 3 is 2.76 bits per heavy atom. The molecule has 0 aliphatic rings. The molecule has 0 bridgehead atoms. The standard InChI is InChI=1S/C16H10BrClN2O/c17-12-7-10-3-2-6-14(15(10)19-9-12)20-16(21)11-4-1-5-13(18)8-11/h1-9H,(H,20,21). The molecule has 3 aromatic rings. The SMILES string of the molecule is O=C(Nc1cccc2cc(Br)cnc12)c1cccc(Cl)c1. The minimum absolute atomic E-state index is 0.213. The normalized spacial score (nSPS) is 10.6. The van der Waals surface area contributed by atoms with Crippen LogP contribution in [-0.4, -0.2) is 10.9 Å². The first-order chi connectivity index (χ1) is 10.1. The fourth-order valence-electron chi connectivity index (χ4n) is 2.06. The first-order valence-corrected chi connectivity index (χ1v) is 7.42. The molecule has 0 unspecified atom stereocenters. The number of hydrogen-bond acceptors (Lipinski definition) is 2. The number of anilines is 1. The van der Waals surface area contributed by atoms with Gasteiger partial charge in [0.25, 0.3) is 5.91 Å². The van der Waals surface area contributed by atoms with Gasteiger partial charge in [0.15, 0.2) is 0 Å². The summed E-state index contributed by atoms with van der Waals surface area (Å²) in [6, 6.07) is 14.4. The van der Waals surface area contributed by atoms with Crippen LogP contribution in [0.5, 0.6) is 0 Å². The highest BCUT2D eigenvalue weighted by Crippen LogP contribution is 2.24. The maximum absolute atomic E-state index is 12.3. The lowest BCUT2D eigenvalue weighted by Gasteiger charge is -2.08. The second kappa shape index (κ2) is 5.84. The molecule has 0 saturated heterocycles. The number of aromatic nitrogens is 1. The Labute approximate surface area is 135 Å². The number of halogens is 2. The maximum Gasteiger partial charge on any atom is 0.255 e. The Morgan fingerprint density at radius 1 is 1.14 bits per heavy atom. The van der Waals surface area contributed by atoms with E-state index in [1.54, 1.807) is 30.5 Å². The second-order valence-electron chi connectivity index (χ2n) is 4.50. The Morgan fingerprint density at radius 2 is 1.95 bits per heavy atom. The van der Waals surface area contributed by atoms with E-state index in [0.29, 0.717) is 16.3 Å². The number of nitrogens with one attached hydrogen (secondary N) is 1. The van der Waals surface area contributed by atoms with Gasteiger partial charge in [-0.2, -0.15) is 0 Å². The third-order valence-electron chi connectivity index (χ3n) is 3.01.